The number of sulfone groups is 1. The highest BCUT2D eigenvalue weighted by Gasteiger charge is 2.13. The normalized spacial score (nSPS) is 16.1. The maximum atomic E-state index is 11.0. The van der Waals surface area contributed by atoms with Crippen LogP contribution in [0.5, 0.6) is 0 Å². The van der Waals surface area contributed by atoms with Gasteiger partial charge in [0.25, 0.3) is 0 Å². The standard InChI is InChI=1S/C11H26N2O3S/c1-5-13(6-2)8-11(14)7-12-10(3)9-17(4,15)16/h10-12,14H,5-9H2,1-4H3. The van der Waals surface area contributed by atoms with Gasteiger partial charge in [-0.05, 0) is 20.0 Å². The van der Waals surface area contributed by atoms with Crippen LogP contribution in [0.1, 0.15) is 20.8 Å². The third-order valence-electron chi connectivity index (χ3n) is 2.62. The number of aliphatic hydroxyl groups excluding tert-OH is 1. The average molecular weight is 266 g/mol. The first-order valence-corrected chi connectivity index (χ1v) is 8.16. The summed E-state index contributed by atoms with van der Waals surface area (Å²) < 4.78 is 22.1. The Balaban J connectivity index is 3.87. The first-order valence-electron chi connectivity index (χ1n) is 6.10. The molecule has 2 atom stereocenters. The summed E-state index contributed by atoms with van der Waals surface area (Å²) >= 11 is 0. The molecule has 104 valence electrons. The quantitative estimate of drug-likeness (QED) is 0.600. The third-order valence-corrected chi connectivity index (χ3v) is 3.72. The van der Waals surface area contributed by atoms with Gasteiger partial charge in [0.15, 0.2) is 0 Å². The molecule has 0 saturated carbocycles. The van der Waals surface area contributed by atoms with Crippen molar-refractivity contribution in [3.8, 4) is 0 Å². The Bertz CT molecular complexity index is 289. The minimum Gasteiger partial charge on any atom is -0.390 e. The van der Waals surface area contributed by atoms with Crippen LogP contribution in [0.25, 0.3) is 0 Å². The van der Waals surface area contributed by atoms with Crippen molar-refractivity contribution in [2.75, 3.05) is 38.2 Å². The first kappa shape index (κ1) is 16.8. The van der Waals surface area contributed by atoms with Crippen LogP contribution in [-0.4, -0.2) is 68.8 Å². The smallest absolute Gasteiger partial charge is 0.148 e. The van der Waals surface area contributed by atoms with Gasteiger partial charge >= 0.3 is 0 Å². The largest absolute Gasteiger partial charge is 0.390 e. The molecular weight excluding hydrogens is 240 g/mol. The Labute approximate surface area is 105 Å². The molecule has 6 heteroatoms. The molecule has 0 aliphatic rings. The zero-order chi connectivity index (χ0) is 13.5. The van der Waals surface area contributed by atoms with Crippen molar-refractivity contribution in [1.82, 2.24) is 10.2 Å². The van der Waals surface area contributed by atoms with Crippen molar-refractivity contribution in [2.24, 2.45) is 0 Å². The summed E-state index contributed by atoms with van der Waals surface area (Å²) in [6.45, 7) is 8.77. The molecule has 0 aromatic rings. The van der Waals surface area contributed by atoms with Gasteiger partial charge in [0.2, 0.25) is 0 Å². The van der Waals surface area contributed by atoms with Gasteiger partial charge in [-0.1, -0.05) is 13.8 Å². The summed E-state index contributed by atoms with van der Waals surface area (Å²) in [6, 6.07) is -0.128. The predicted molar refractivity (Wildman–Crippen MR) is 71.0 cm³/mol. The van der Waals surface area contributed by atoms with Crippen LogP contribution in [0.3, 0.4) is 0 Å². The van der Waals surface area contributed by atoms with E-state index in [1.54, 1.807) is 0 Å². The lowest BCUT2D eigenvalue weighted by molar-refractivity contribution is 0.115. The maximum absolute atomic E-state index is 11.0. The molecule has 0 amide bonds. The lowest BCUT2D eigenvalue weighted by Gasteiger charge is -2.23. The van der Waals surface area contributed by atoms with E-state index >= 15 is 0 Å². The average Bonchev–Trinajstić information content (AvgIpc) is 2.20. The fraction of sp³-hybridized carbons (Fsp3) is 1.00. The van der Waals surface area contributed by atoms with Crippen LogP contribution in [-0.2, 0) is 9.84 Å². The molecule has 0 radical (unpaired) electrons. The van der Waals surface area contributed by atoms with Gasteiger partial charge in [-0.3, -0.25) is 0 Å². The van der Waals surface area contributed by atoms with Crippen LogP contribution < -0.4 is 5.32 Å². The molecule has 2 N–H and O–H groups in total. The molecule has 0 saturated heterocycles. The Morgan fingerprint density at radius 1 is 1.29 bits per heavy atom. The fourth-order valence-corrected chi connectivity index (χ4v) is 2.72. The van der Waals surface area contributed by atoms with Crippen LogP contribution in [0.4, 0.5) is 0 Å². The van der Waals surface area contributed by atoms with Crippen molar-refractivity contribution < 1.29 is 13.5 Å². The van der Waals surface area contributed by atoms with E-state index in [4.69, 9.17) is 0 Å². The number of aliphatic hydroxyl groups is 1. The molecule has 0 aliphatic carbocycles. The second-order valence-corrected chi connectivity index (χ2v) is 6.73. The highest BCUT2D eigenvalue weighted by Crippen LogP contribution is 1.94. The minimum absolute atomic E-state index is 0.102. The molecule has 17 heavy (non-hydrogen) atoms. The molecule has 0 fully saturated rings. The number of hydrogen-bond acceptors (Lipinski definition) is 5. The fourth-order valence-electron chi connectivity index (χ4n) is 1.69. The van der Waals surface area contributed by atoms with Gasteiger partial charge < -0.3 is 15.3 Å². The van der Waals surface area contributed by atoms with Gasteiger partial charge in [-0.2, -0.15) is 0 Å². The lowest BCUT2D eigenvalue weighted by atomic mass is 10.3. The summed E-state index contributed by atoms with van der Waals surface area (Å²) in [4.78, 5) is 2.13. The zero-order valence-corrected chi connectivity index (χ0v) is 12.1. The number of rotatable bonds is 9. The Kier molecular flexibility index (Phi) is 7.94. The summed E-state index contributed by atoms with van der Waals surface area (Å²) in [7, 11) is -2.96. The maximum Gasteiger partial charge on any atom is 0.148 e. The predicted octanol–water partition coefficient (Wildman–Crippen LogP) is -0.288. The molecule has 0 aromatic carbocycles. The SMILES string of the molecule is CCN(CC)CC(O)CNC(C)CS(C)(=O)=O. The van der Waals surface area contributed by atoms with Crippen molar-refractivity contribution in [3.05, 3.63) is 0 Å². The van der Waals surface area contributed by atoms with E-state index < -0.39 is 15.9 Å². The van der Waals surface area contributed by atoms with Crippen LogP contribution in [0.2, 0.25) is 0 Å². The van der Waals surface area contributed by atoms with E-state index in [0.717, 1.165) is 13.1 Å². The summed E-state index contributed by atoms with van der Waals surface area (Å²) in [6.07, 6.45) is 0.759. The van der Waals surface area contributed by atoms with Gasteiger partial charge in [0.1, 0.15) is 9.84 Å². The highest BCUT2D eigenvalue weighted by molar-refractivity contribution is 7.90. The van der Waals surface area contributed by atoms with Gasteiger partial charge in [-0.25, -0.2) is 8.42 Å². The van der Waals surface area contributed by atoms with Gasteiger partial charge in [0.05, 0.1) is 11.9 Å². The molecule has 5 nitrogen and oxygen atoms in total. The topological polar surface area (TPSA) is 69.6 Å². The first-order chi connectivity index (χ1) is 7.78. The Morgan fingerprint density at radius 2 is 1.82 bits per heavy atom. The van der Waals surface area contributed by atoms with Crippen molar-refractivity contribution in [2.45, 2.75) is 32.9 Å². The highest BCUT2D eigenvalue weighted by atomic mass is 32.2. The van der Waals surface area contributed by atoms with E-state index in [1.165, 1.54) is 6.26 Å². The second kappa shape index (κ2) is 8.02. The van der Waals surface area contributed by atoms with E-state index in [-0.39, 0.29) is 11.8 Å². The molecule has 0 spiro atoms. The van der Waals surface area contributed by atoms with E-state index in [9.17, 15) is 13.5 Å². The van der Waals surface area contributed by atoms with E-state index in [0.29, 0.717) is 13.1 Å². The second-order valence-electron chi connectivity index (χ2n) is 4.54. The zero-order valence-electron chi connectivity index (χ0n) is 11.3. The Hall–Kier alpha value is -0.170. The van der Waals surface area contributed by atoms with Crippen LogP contribution >= 0.6 is 0 Å². The molecule has 2 unspecified atom stereocenters. The molecule has 0 heterocycles. The minimum atomic E-state index is -2.96. The summed E-state index contributed by atoms with van der Waals surface area (Å²) in [5, 5.41) is 12.8. The summed E-state index contributed by atoms with van der Waals surface area (Å²) in [5.74, 6) is 0.102. The monoisotopic (exact) mass is 266 g/mol. The van der Waals surface area contributed by atoms with Gasteiger partial charge in [0, 0.05) is 25.4 Å². The molecule has 0 aromatic heterocycles. The molecular formula is C11H26N2O3S. The van der Waals surface area contributed by atoms with Crippen molar-refractivity contribution in [3.63, 3.8) is 0 Å². The van der Waals surface area contributed by atoms with E-state index in [1.807, 2.05) is 6.92 Å². The Morgan fingerprint density at radius 3 is 2.24 bits per heavy atom. The van der Waals surface area contributed by atoms with Crippen molar-refractivity contribution in [1.29, 1.82) is 0 Å². The molecule has 0 rings (SSSR count). The number of likely N-dealkylation sites (N-methyl/N-ethyl adjacent to an activating group) is 1. The van der Waals surface area contributed by atoms with Crippen LogP contribution in [0, 0.1) is 0 Å². The third kappa shape index (κ3) is 9.52. The number of nitrogens with zero attached hydrogens (tertiary/aromatic N) is 1. The number of nitrogens with one attached hydrogen (secondary N) is 1. The van der Waals surface area contributed by atoms with E-state index in [2.05, 4.69) is 24.1 Å². The van der Waals surface area contributed by atoms with Crippen molar-refractivity contribution >= 4 is 9.84 Å². The summed E-state index contributed by atoms with van der Waals surface area (Å²) in [5.41, 5.74) is 0. The number of hydrogen-bond donors (Lipinski definition) is 2. The van der Waals surface area contributed by atoms with Gasteiger partial charge in [-0.15, -0.1) is 0 Å². The molecule has 0 bridgehead atoms. The lowest BCUT2D eigenvalue weighted by Crippen LogP contribution is -2.42. The molecule has 0 aliphatic heterocycles. The van der Waals surface area contributed by atoms with Crippen LogP contribution in [0.15, 0.2) is 0 Å².